The SMILES string of the molecule is Cc1cc(Nc2nc(C(F)(F)c3ccc(F)cc3)nc3ccccc23)n[nH]1. The van der Waals surface area contributed by atoms with Crippen molar-refractivity contribution in [3.8, 4) is 0 Å². The average Bonchev–Trinajstić information content (AvgIpc) is 3.07. The first-order valence-corrected chi connectivity index (χ1v) is 8.13. The molecular weight excluding hydrogens is 355 g/mol. The van der Waals surface area contributed by atoms with Crippen LogP contribution in [-0.4, -0.2) is 20.2 Å². The van der Waals surface area contributed by atoms with Crippen molar-refractivity contribution in [2.75, 3.05) is 5.32 Å². The third-order valence-corrected chi connectivity index (χ3v) is 4.04. The molecule has 0 aliphatic heterocycles. The van der Waals surface area contributed by atoms with Gasteiger partial charge in [0.25, 0.3) is 0 Å². The third kappa shape index (κ3) is 3.21. The van der Waals surface area contributed by atoms with E-state index in [-0.39, 0.29) is 11.4 Å². The highest BCUT2D eigenvalue weighted by atomic mass is 19.3. The molecule has 4 aromatic rings. The molecule has 27 heavy (non-hydrogen) atoms. The van der Waals surface area contributed by atoms with Crippen LogP contribution in [0.25, 0.3) is 10.9 Å². The summed E-state index contributed by atoms with van der Waals surface area (Å²) in [5.41, 5.74) is 0.785. The fourth-order valence-electron chi connectivity index (χ4n) is 2.70. The molecule has 8 heteroatoms. The van der Waals surface area contributed by atoms with Crippen LogP contribution in [-0.2, 0) is 5.92 Å². The number of aromatic nitrogens is 4. The topological polar surface area (TPSA) is 66.5 Å². The second kappa shape index (κ2) is 6.39. The quantitative estimate of drug-likeness (QED) is 0.548. The monoisotopic (exact) mass is 369 g/mol. The highest BCUT2D eigenvalue weighted by molar-refractivity contribution is 5.90. The lowest BCUT2D eigenvalue weighted by molar-refractivity contribution is 0.0333. The molecule has 0 fully saturated rings. The summed E-state index contributed by atoms with van der Waals surface area (Å²) in [4.78, 5) is 8.09. The van der Waals surface area contributed by atoms with Crippen molar-refractivity contribution < 1.29 is 13.2 Å². The molecule has 2 aromatic heterocycles. The molecular formula is C19H14F3N5. The van der Waals surface area contributed by atoms with Gasteiger partial charge in [-0.3, -0.25) is 5.10 Å². The summed E-state index contributed by atoms with van der Waals surface area (Å²) in [6.07, 6.45) is 0. The third-order valence-electron chi connectivity index (χ3n) is 4.04. The Balaban J connectivity index is 1.84. The Bertz CT molecular complexity index is 1110. The lowest BCUT2D eigenvalue weighted by Crippen LogP contribution is -2.20. The Morgan fingerprint density at radius 2 is 1.74 bits per heavy atom. The summed E-state index contributed by atoms with van der Waals surface area (Å²) >= 11 is 0. The zero-order chi connectivity index (χ0) is 19.0. The molecule has 0 amide bonds. The summed E-state index contributed by atoms with van der Waals surface area (Å²) in [7, 11) is 0. The second-order valence-corrected chi connectivity index (χ2v) is 6.06. The number of aryl methyl sites for hydroxylation is 1. The van der Waals surface area contributed by atoms with E-state index in [0.29, 0.717) is 16.7 Å². The highest BCUT2D eigenvalue weighted by Gasteiger charge is 2.38. The normalized spacial score (nSPS) is 11.7. The zero-order valence-corrected chi connectivity index (χ0v) is 14.2. The Hall–Kier alpha value is -3.42. The van der Waals surface area contributed by atoms with Crippen LogP contribution in [0.5, 0.6) is 0 Å². The first kappa shape index (κ1) is 17.0. The Morgan fingerprint density at radius 3 is 2.44 bits per heavy atom. The lowest BCUT2D eigenvalue weighted by Gasteiger charge is -2.17. The molecule has 2 heterocycles. The highest BCUT2D eigenvalue weighted by Crippen LogP contribution is 2.36. The molecule has 136 valence electrons. The summed E-state index contributed by atoms with van der Waals surface area (Å²) in [5.74, 6) is -4.10. The first-order valence-electron chi connectivity index (χ1n) is 8.13. The fraction of sp³-hybridized carbons (Fsp3) is 0.105. The van der Waals surface area contributed by atoms with E-state index in [1.54, 1.807) is 30.3 Å². The molecule has 0 spiro atoms. The predicted molar refractivity (Wildman–Crippen MR) is 95.5 cm³/mol. The van der Waals surface area contributed by atoms with Gasteiger partial charge in [0.1, 0.15) is 11.6 Å². The van der Waals surface area contributed by atoms with Gasteiger partial charge in [0.15, 0.2) is 5.82 Å². The van der Waals surface area contributed by atoms with E-state index in [1.807, 2.05) is 6.92 Å². The summed E-state index contributed by atoms with van der Waals surface area (Å²) in [5, 5.41) is 10.4. The number of hydrogen-bond donors (Lipinski definition) is 2. The summed E-state index contributed by atoms with van der Waals surface area (Å²) in [6, 6.07) is 12.6. The number of halogens is 3. The van der Waals surface area contributed by atoms with E-state index >= 15 is 0 Å². The maximum absolute atomic E-state index is 15.0. The van der Waals surface area contributed by atoms with Gasteiger partial charge in [-0.2, -0.15) is 13.9 Å². The molecule has 0 atom stereocenters. The molecule has 5 nitrogen and oxygen atoms in total. The number of aromatic amines is 1. The van der Waals surface area contributed by atoms with Crippen LogP contribution in [0.4, 0.5) is 24.8 Å². The van der Waals surface area contributed by atoms with Gasteiger partial charge in [-0.25, -0.2) is 14.4 Å². The molecule has 2 N–H and O–H groups in total. The number of H-pyrrole nitrogens is 1. The van der Waals surface area contributed by atoms with Crippen molar-refractivity contribution in [2.45, 2.75) is 12.8 Å². The Labute approximate surface area is 152 Å². The van der Waals surface area contributed by atoms with E-state index in [2.05, 4.69) is 25.5 Å². The minimum Gasteiger partial charge on any atom is -0.323 e. The molecule has 0 aliphatic rings. The van der Waals surface area contributed by atoms with Crippen molar-refractivity contribution in [1.82, 2.24) is 20.2 Å². The fourth-order valence-corrected chi connectivity index (χ4v) is 2.70. The molecule has 0 bridgehead atoms. The summed E-state index contributed by atoms with van der Waals surface area (Å²) < 4.78 is 43.0. The van der Waals surface area contributed by atoms with E-state index in [1.165, 1.54) is 0 Å². The first-order chi connectivity index (χ1) is 12.9. The van der Waals surface area contributed by atoms with Crippen LogP contribution in [0.15, 0.2) is 54.6 Å². The number of benzene rings is 2. The Kier molecular flexibility index (Phi) is 4.02. The number of hydrogen-bond acceptors (Lipinski definition) is 4. The van der Waals surface area contributed by atoms with Gasteiger partial charge >= 0.3 is 5.92 Å². The van der Waals surface area contributed by atoms with E-state index in [9.17, 15) is 13.2 Å². The van der Waals surface area contributed by atoms with Gasteiger partial charge in [-0.1, -0.05) is 12.1 Å². The van der Waals surface area contributed by atoms with Gasteiger partial charge in [-0.05, 0) is 43.3 Å². The molecule has 0 saturated heterocycles. The molecule has 0 aliphatic carbocycles. The van der Waals surface area contributed by atoms with Gasteiger partial charge < -0.3 is 5.32 Å². The number of anilines is 2. The van der Waals surface area contributed by atoms with Gasteiger partial charge in [0.05, 0.1) is 5.52 Å². The van der Waals surface area contributed by atoms with Crippen molar-refractivity contribution >= 4 is 22.5 Å². The smallest absolute Gasteiger partial charge is 0.323 e. The summed E-state index contributed by atoms with van der Waals surface area (Å²) in [6.45, 7) is 1.82. The van der Waals surface area contributed by atoms with Crippen LogP contribution in [0.1, 0.15) is 17.1 Å². The molecule has 0 radical (unpaired) electrons. The van der Waals surface area contributed by atoms with Crippen molar-refractivity contribution in [1.29, 1.82) is 0 Å². The van der Waals surface area contributed by atoms with Crippen LogP contribution < -0.4 is 5.32 Å². The Morgan fingerprint density at radius 1 is 1.00 bits per heavy atom. The van der Waals surface area contributed by atoms with Crippen LogP contribution in [0.2, 0.25) is 0 Å². The predicted octanol–water partition coefficient (Wildman–Crippen LogP) is 4.68. The second-order valence-electron chi connectivity index (χ2n) is 6.06. The zero-order valence-electron chi connectivity index (χ0n) is 14.2. The van der Waals surface area contributed by atoms with Gasteiger partial charge in [0, 0.05) is 22.7 Å². The largest absolute Gasteiger partial charge is 0.331 e. The van der Waals surface area contributed by atoms with Crippen LogP contribution in [0.3, 0.4) is 0 Å². The minimum absolute atomic E-state index is 0.212. The maximum Gasteiger partial charge on any atom is 0.331 e. The maximum atomic E-state index is 15.0. The van der Waals surface area contributed by atoms with Crippen molar-refractivity contribution in [3.05, 3.63) is 77.5 Å². The molecule has 2 aromatic carbocycles. The number of nitrogens with zero attached hydrogens (tertiary/aromatic N) is 3. The number of rotatable bonds is 4. The number of alkyl halides is 2. The molecule has 0 unspecified atom stereocenters. The average molecular weight is 369 g/mol. The molecule has 4 rings (SSSR count). The van der Waals surface area contributed by atoms with E-state index in [0.717, 1.165) is 30.0 Å². The molecule has 0 saturated carbocycles. The van der Waals surface area contributed by atoms with Crippen molar-refractivity contribution in [2.24, 2.45) is 0 Å². The standard InChI is InChI=1S/C19H14F3N5/c1-11-10-16(27-26-11)24-17-14-4-2-3-5-15(14)23-18(25-17)19(21,22)12-6-8-13(20)9-7-12/h2-10H,1H3,(H2,23,24,25,26,27). The number of fused-ring (bicyclic) bond motifs is 1. The van der Waals surface area contributed by atoms with Crippen molar-refractivity contribution in [3.63, 3.8) is 0 Å². The van der Waals surface area contributed by atoms with E-state index in [4.69, 9.17) is 0 Å². The van der Waals surface area contributed by atoms with E-state index < -0.39 is 17.6 Å². The minimum atomic E-state index is -3.49. The van der Waals surface area contributed by atoms with Gasteiger partial charge in [0.2, 0.25) is 5.82 Å². The van der Waals surface area contributed by atoms with Gasteiger partial charge in [-0.15, -0.1) is 0 Å². The van der Waals surface area contributed by atoms with Crippen LogP contribution >= 0.6 is 0 Å². The lowest BCUT2D eigenvalue weighted by atomic mass is 10.1. The number of nitrogens with one attached hydrogen (secondary N) is 2. The number of para-hydroxylation sites is 1. The van der Waals surface area contributed by atoms with Crippen LogP contribution in [0, 0.1) is 12.7 Å².